The second-order valence-electron chi connectivity index (χ2n) is 3.97. The minimum absolute atomic E-state index is 0.509. The van der Waals surface area contributed by atoms with Crippen molar-refractivity contribution in [3.05, 3.63) is 48.0 Å². The molecule has 0 radical (unpaired) electrons. The zero-order valence-corrected chi connectivity index (χ0v) is 10.4. The van der Waals surface area contributed by atoms with Crippen molar-refractivity contribution in [2.75, 3.05) is 24.8 Å². The van der Waals surface area contributed by atoms with Gasteiger partial charge in [-0.05, 0) is 30.2 Å². The Morgan fingerprint density at radius 2 is 2.00 bits per heavy atom. The van der Waals surface area contributed by atoms with E-state index in [0.29, 0.717) is 12.4 Å². The Kier molecular flexibility index (Phi) is 4.15. The molecule has 0 atom stereocenters. The van der Waals surface area contributed by atoms with Crippen LogP contribution in [0.4, 0.5) is 17.3 Å². The molecule has 0 fully saturated rings. The SMILES string of the molecule is COCCc1ccccc1Nc1cccc(N)n1. The summed E-state index contributed by atoms with van der Waals surface area (Å²) < 4.78 is 5.11. The van der Waals surface area contributed by atoms with Crippen LogP contribution in [-0.4, -0.2) is 18.7 Å². The molecule has 0 aliphatic heterocycles. The number of nitrogen functional groups attached to an aromatic ring is 1. The van der Waals surface area contributed by atoms with Crippen LogP contribution in [0.3, 0.4) is 0 Å². The van der Waals surface area contributed by atoms with Crippen molar-refractivity contribution >= 4 is 17.3 Å². The standard InChI is InChI=1S/C14H17N3O/c1-18-10-9-11-5-2-3-6-12(11)16-14-8-4-7-13(15)17-14/h2-8H,9-10H2,1H3,(H3,15,16,17). The van der Waals surface area contributed by atoms with Crippen LogP contribution < -0.4 is 11.1 Å². The lowest BCUT2D eigenvalue weighted by Gasteiger charge is -2.11. The van der Waals surface area contributed by atoms with Crippen molar-refractivity contribution in [3.8, 4) is 0 Å². The van der Waals surface area contributed by atoms with Crippen molar-refractivity contribution < 1.29 is 4.74 Å². The van der Waals surface area contributed by atoms with E-state index >= 15 is 0 Å². The summed E-state index contributed by atoms with van der Waals surface area (Å²) in [6, 6.07) is 13.6. The summed E-state index contributed by atoms with van der Waals surface area (Å²) >= 11 is 0. The van der Waals surface area contributed by atoms with E-state index in [1.165, 1.54) is 5.56 Å². The maximum Gasteiger partial charge on any atom is 0.132 e. The van der Waals surface area contributed by atoms with Gasteiger partial charge in [0.2, 0.25) is 0 Å². The molecule has 2 aromatic rings. The highest BCUT2D eigenvalue weighted by Gasteiger charge is 2.02. The zero-order valence-electron chi connectivity index (χ0n) is 10.4. The molecule has 1 aromatic heterocycles. The van der Waals surface area contributed by atoms with Crippen LogP contribution in [0.15, 0.2) is 42.5 Å². The summed E-state index contributed by atoms with van der Waals surface area (Å²) in [5, 5.41) is 3.28. The molecule has 2 rings (SSSR count). The first-order valence-corrected chi connectivity index (χ1v) is 5.86. The molecule has 0 aliphatic carbocycles. The van der Waals surface area contributed by atoms with Gasteiger partial charge in [0.15, 0.2) is 0 Å². The number of nitrogens with zero attached hydrogens (tertiary/aromatic N) is 1. The second-order valence-corrected chi connectivity index (χ2v) is 3.97. The van der Waals surface area contributed by atoms with E-state index in [-0.39, 0.29) is 0 Å². The van der Waals surface area contributed by atoms with Gasteiger partial charge >= 0.3 is 0 Å². The lowest BCUT2D eigenvalue weighted by Crippen LogP contribution is -2.02. The molecular weight excluding hydrogens is 226 g/mol. The minimum atomic E-state index is 0.509. The Bertz CT molecular complexity index is 514. The second kappa shape index (κ2) is 6.02. The number of hydrogen-bond acceptors (Lipinski definition) is 4. The van der Waals surface area contributed by atoms with E-state index in [2.05, 4.69) is 16.4 Å². The average Bonchev–Trinajstić information content (AvgIpc) is 2.38. The number of para-hydroxylation sites is 1. The van der Waals surface area contributed by atoms with E-state index in [4.69, 9.17) is 10.5 Å². The predicted molar refractivity (Wildman–Crippen MR) is 74.0 cm³/mol. The molecule has 0 aliphatic rings. The molecule has 0 saturated carbocycles. The van der Waals surface area contributed by atoms with Gasteiger partial charge in [0.05, 0.1) is 6.61 Å². The highest BCUT2D eigenvalue weighted by Crippen LogP contribution is 2.20. The molecule has 1 aromatic carbocycles. The van der Waals surface area contributed by atoms with Gasteiger partial charge in [-0.2, -0.15) is 0 Å². The van der Waals surface area contributed by atoms with Crippen molar-refractivity contribution in [2.45, 2.75) is 6.42 Å². The molecule has 18 heavy (non-hydrogen) atoms. The van der Waals surface area contributed by atoms with Gasteiger partial charge in [-0.1, -0.05) is 24.3 Å². The largest absolute Gasteiger partial charge is 0.384 e. The van der Waals surface area contributed by atoms with E-state index in [1.54, 1.807) is 13.2 Å². The van der Waals surface area contributed by atoms with Crippen LogP contribution in [0.25, 0.3) is 0 Å². The molecular formula is C14H17N3O. The van der Waals surface area contributed by atoms with E-state index < -0.39 is 0 Å². The molecule has 3 N–H and O–H groups in total. The molecule has 1 heterocycles. The number of anilines is 3. The highest BCUT2D eigenvalue weighted by atomic mass is 16.5. The Morgan fingerprint density at radius 1 is 1.17 bits per heavy atom. The maximum atomic E-state index is 5.66. The van der Waals surface area contributed by atoms with Gasteiger partial charge in [-0.25, -0.2) is 4.98 Å². The van der Waals surface area contributed by atoms with Crippen LogP contribution in [0.5, 0.6) is 0 Å². The van der Waals surface area contributed by atoms with Crippen LogP contribution in [0, 0.1) is 0 Å². The number of pyridine rings is 1. The highest BCUT2D eigenvalue weighted by molar-refractivity contribution is 5.61. The van der Waals surface area contributed by atoms with Crippen LogP contribution in [-0.2, 0) is 11.2 Å². The number of ether oxygens (including phenoxy) is 1. The van der Waals surface area contributed by atoms with Crippen molar-refractivity contribution in [1.29, 1.82) is 0 Å². The summed E-state index contributed by atoms with van der Waals surface area (Å²) in [4.78, 5) is 4.23. The van der Waals surface area contributed by atoms with Gasteiger partial charge in [0.1, 0.15) is 11.6 Å². The summed E-state index contributed by atoms with van der Waals surface area (Å²) in [5.74, 6) is 1.26. The Morgan fingerprint density at radius 3 is 2.78 bits per heavy atom. The normalized spacial score (nSPS) is 10.3. The van der Waals surface area contributed by atoms with Crippen molar-refractivity contribution in [2.24, 2.45) is 0 Å². The summed E-state index contributed by atoms with van der Waals surface area (Å²) in [5.41, 5.74) is 7.89. The lowest BCUT2D eigenvalue weighted by atomic mass is 10.1. The van der Waals surface area contributed by atoms with Crippen LogP contribution >= 0.6 is 0 Å². The first-order chi connectivity index (χ1) is 8.79. The van der Waals surface area contributed by atoms with Crippen molar-refractivity contribution in [3.63, 3.8) is 0 Å². The van der Waals surface area contributed by atoms with Crippen LogP contribution in [0.2, 0.25) is 0 Å². The van der Waals surface area contributed by atoms with Crippen LogP contribution in [0.1, 0.15) is 5.56 Å². The average molecular weight is 243 g/mol. The van der Waals surface area contributed by atoms with Gasteiger partial charge in [-0.15, -0.1) is 0 Å². The van der Waals surface area contributed by atoms with E-state index in [9.17, 15) is 0 Å². The fraction of sp³-hybridized carbons (Fsp3) is 0.214. The molecule has 0 spiro atoms. The molecule has 4 heteroatoms. The lowest BCUT2D eigenvalue weighted by molar-refractivity contribution is 0.202. The molecule has 0 saturated heterocycles. The molecule has 0 amide bonds. The fourth-order valence-corrected chi connectivity index (χ4v) is 1.73. The van der Waals surface area contributed by atoms with E-state index in [0.717, 1.165) is 17.9 Å². The number of methoxy groups -OCH3 is 1. The van der Waals surface area contributed by atoms with Crippen molar-refractivity contribution in [1.82, 2.24) is 4.98 Å². The van der Waals surface area contributed by atoms with Gasteiger partial charge in [-0.3, -0.25) is 0 Å². The quantitative estimate of drug-likeness (QED) is 0.847. The third-order valence-electron chi connectivity index (χ3n) is 2.63. The fourth-order valence-electron chi connectivity index (χ4n) is 1.73. The Hall–Kier alpha value is -2.07. The summed E-state index contributed by atoms with van der Waals surface area (Å²) in [7, 11) is 1.70. The topological polar surface area (TPSA) is 60.2 Å². The molecule has 94 valence electrons. The summed E-state index contributed by atoms with van der Waals surface area (Å²) in [6.07, 6.45) is 0.863. The summed E-state index contributed by atoms with van der Waals surface area (Å²) in [6.45, 7) is 0.697. The van der Waals surface area contributed by atoms with E-state index in [1.807, 2.05) is 30.3 Å². The van der Waals surface area contributed by atoms with Gasteiger partial charge < -0.3 is 15.8 Å². The molecule has 4 nitrogen and oxygen atoms in total. The number of hydrogen-bond donors (Lipinski definition) is 2. The Labute approximate surface area is 107 Å². The number of aromatic nitrogens is 1. The maximum absolute atomic E-state index is 5.66. The third kappa shape index (κ3) is 3.21. The number of rotatable bonds is 5. The smallest absolute Gasteiger partial charge is 0.132 e. The van der Waals surface area contributed by atoms with Gasteiger partial charge in [0.25, 0.3) is 0 Å². The van der Waals surface area contributed by atoms with Gasteiger partial charge in [0, 0.05) is 12.8 Å². The monoisotopic (exact) mass is 243 g/mol. The minimum Gasteiger partial charge on any atom is -0.384 e. The first kappa shape index (κ1) is 12.4. The predicted octanol–water partition coefficient (Wildman–Crippen LogP) is 2.60. The Balaban J connectivity index is 2.17. The molecule has 0 bridgehead atoms. The number of nitrogens with two attached hydrogens (primary N) is 1. The zero-order chi connectivity index (χ0) is 12.8. The third-order valence-corrected chi connectivity index (χ3v) is 2.63. The first-order valence-electron chi connectivity index (χ1n) is 5.86. The number of benzene rings is 1. The number of nitrogens with one attached hydrogen (secondary N) is 1. The molecule has 0 unspecified atom stereocenters.